The van der Waals surface area contributed by atoms with E-state index < -0.39 is 4.92 Å². The van der Waals surface area contributed by atoms with Gasteiger partial charge in [0.05, 0.1) is 17.2 Å². The predicted molar refractivity (Wildman–Crippen MR) is 67.9 cm³/mol. The van der Waals surface area contributed by atoms with Crippen molar-refractivity contribution in [2.45, 2.75) is 20.4 Å². The minimum Gasteiger partial charge on any atom is -0.310 e. The summed E-state index contributed by atoms with van der Waals surface area (Å²) in [5.74, 6) is 0.666. The molecular formula is C11H14N6O2. The van der Waals surface area contributed by atoms with Gasteiger partial charge in [0.15, 0.2) is 5.82 Å². The maximum atomic E-state index is 10.7. The van der Waals surface area contributed by atoms with Crippen LogP contribution in [0.15, 0.2) is 18.2 Å². The molecule has 0 bridgehead atoms. The van der Waals surface area contributed by atoms with E-state index in [9.17, 15) is 10.1 Å². The standard InChI is InChI=1S/C11H14N6O2/c1-3-12-7-11-13-14-15-16(11)10-5-4-9(17(18)19)6-8(10)2/h4-6,12H,3,7H2,1-2H3. The van der Waals surface area contributed by atoms with Gasteiger partial charge in [-0.1, -0.05) is 6.92 Å². The highest BCUT2D eigenvalue weighted by molar-refractivity contribution is 5.47. The average Bonchev–Trinajstić information content (AvgIpc) is 2.84. The van der Waals surface area contributed by atoms with E-state index in [1.807, 2.05) is 6.92 Å². The molecule has 0 spiro atoms. The van der Waals surface area contributed by atoms with Gasteiger partial charge in [-0.25, -0.2) is 0 Å². The number of aromatic nitrogens is 4. The molecule has 100 valence electrons. The Bertz CT molecular complexity index is 595. The molecule has 0 amide bonds. The third kappa shape index (κ3) is 2.74. The van der Waals surface area contributed by atoms with Crippen molar-refractivity contribution in [3.63, 3.8) is 0 Å². The molecule has 1 aromatic carbocycles. The third-order valence-electron chi connectivity index (χ3n) is 2.69. The largest absolute Gasteiger partial charge is 0.310 e. The first-order valence-corrected chi connectivity index (χ1v) is 5.87. The Morgan fingerprint density at radius 1 is 1.47 bits per heavy atom. The number of benzene rings is 1. The summed E-state index contributed by atoms with van der Waals surface area (Å²) in [4.78, 5) is 10.3. The van der Waals surface area contributed by atoms with Crippen LogP contribution in [0.25, 0.3) is 5.69 Å². The molecule has 1 N–H and O–H groups in total. The summed E-state index contributed by atoms with van der Waals surface area (Å²) in [6, 6.07) is 4.61. The molecule has 0 atom stereocenters. The molecule has 0 radical (unpaired) electrons. The number of nitrogens with one attached hydrogen (secondary N) is 1. The normalized spacial score (nSPS) is 10.6. The zero-order chi connectivity index (χ0) is 13.8. The lowest BCUT2D eigenvalue weighted by molar-refractivity contribution is -0.384. The molecule has 2 rings (SSSR count). The molecule has 8 nitrogen and oxygen atoms in total. The van der Waals surface area contributed by atoms with E-state index in [1.54, 1.807) is 17.7 Å². The summed E-state index contributed by atoms with van der Waals surface area (Å²) in [6.07, 6.45) is 0. The maximum absolute atomic E-state index is 10.7. The molecule has 0 saturated carbocycles. The Morgan fingerprint density at radius 2 is 2.26 bits per heavy atom. The van der Waals surface area contributed by atoms with Crippen LogP contribution in [0.1, 0.15) is 18.3 Å². The smallest absolute Gasteiger partial charge is 0.269 e. The summed E-state index contributed by atoms with van der Waals surface area (Å²) >= 11 is 0. The second kappa shape index (κ2) is 5.53. The molecule has 1 heterocycles. The van der Waals surface area contributed by atoms with Gasteiger partial charge in [0.2, 0.25) is 0 Å². The quantitative estimate of drug-likeness (QED) is 0.637. The summed E-state index contributed by atoms with van der Waals surface area (Å²) in [6.45, 7) is 5.14. The van der Waals surface area contributed by atoms with E-state index in [1.165, 1.54) is 12.1 Å². The lowest BCUT2D eigenvalue weighted by Gasteiger charge is -2.07. The van der Waals surface area contributed by atoms with Crippen molar-refractivity contribution in [2.24, 2.45) is 0 Å². The van der Waals surface area contributed by atoms with Crippen molar-refractivity contribution in [1.82, 2.24) is 25.5 Å². The van der Waals surface area contributed by atoms with Crippen LogP contribution < -0.4 is 5.32 Å². The minimum atomic E-state index is -0.421. The van der Waals surface area contributed by atoms with Gasteiger partial charge >= 0.3 is 0 Å². The van der Waals surface area contributed by atoms with Crippen molar-refractivity contribution >= 4 is 5.69 Å². The zero-order valence-electron chi connectivity index (χ0n) is 10.7. The van der Waals surface area contributed by atoms with E-state index in [4.69, 9.17) is 0 Å². The van der Waals surface area contributed by atoms with Crippen LogP contribution in [0.5, 0.6) is 0 Å². The third-order valence-corrected chi connectivity index (χ3v) is 2.69. The van der Waals surface area contributed by atoms with Crippen LogP contribution >= 0.6 is 0 Å². The number of non-ortho nitro benzene ring substituents is 1. The van der Waals surface area contributed by atoms with E-state index >= 15 is 0 Å². The van der Waals surface area contributed by atoms with Crippen molar-refractivity contribution in [3.05, 3.63) is 39.7 Å². The van der Waals surface area contributed by atoms with E-state index in [2.05, 4.69) is 20.8 Å². The van der Waals surface area contributed by atoms with Crippen LogP contribution in [0.4, 0.5) is 5.69 Å². The molecule has 1 aromatic heterocycles. The Kier molecular flexibility index (Phi) is 3.81. The Labute approximate surface area is 109 Å². The molecule has 0 saturated heterocycles. The topological polar surface area (TPSA) is 98.8 Å². The maximum Gasteiger partial charge on any atom is 0.269 e. The van der Waals surface area contributed by atoms with Crippen LogP contribution in [0.2, 0.25) is 0 Å². The number of rotatable bonds is 5. The number of aryl methyl sites for hydroxylation is 1. The summed E-state index contributed by atoms with van der Waals surface area (Å²) in [5.41, 5.74) is 1.55. The molecular weight excluding hydrogens is 248 g/mol. The fourth-order valence-corrected chi connectivity index (χ4v) is 1.73. The number of tetrazole rings is 1. The van der Waals surface area contributed by atoms with E-state index in [0.29, 0.717) is 12.4 Å². The number of nitro groups is 1. The molecule has 0 aliphatic heterocycles. The van der Waals surface area contributed by atoms with Crippen LogP contribution in [0, 0.1) is 17.0 Å². The molecule has 0 fully saturated rings. The van der Waals surface area contributed by atoms with Gasteiger partial charge < -0.3 is 5.32 Å². The van der Waals surface area contributed by atoms with Crippen LogP contribution in [-0.2, 0) is 6.54 Å². The molecule has 0 unspecified atom stereocenters. The molecule has 0 aliphatic carbocycles. The highest BCUT2D eigenvalue weighted by Gasteiger charge is 2.13. The van der Waals surface area contributed by atoms with Crippen molar-refractivity contribution in [3.8, 4) is 5.69 Å². The van der Waals surface area contributed by atoms with Gasteiger partial charge in [-0.3, -0.25) is 10.1 Å². The van der Waals surface area contributed by atoms with Gasteiger partial charge in [0, 0.05) is 12.1 Å². The number of nitro benzene ring substituents is 1. The lowest BCUT2D eigenvalue weighted by atomic mass is 10.2. The fraction of sp³-hybridized carbons (Fsp3) is 0.364. The van der Waals surface area contributed by atoms with Gasteiger partial charge in [0.25, 0.3) is 5.69 Å². The van der Waals surface area contributed by atoms with Crippen molar-refractivity contribution in [1.29, 1.82) is 0 Å². The first-order chi connectivity index (χ1) is 9.13. The van der Waals surface area contributed by atoms with Gasteiger partial charge in [-0.2, -0.15) is 4.68 Å². The van der Waals surface area contributed by atoms with E-state index in [-0.39, 0.29) is 5.69 Å². The SMILES string of the molecule is CCNCc1nnnn1-c1ccc([N+](=O)[O-])cc1C. The molecule has 0 aliphatic rings. The summed E-state index contributed by atoms with van der Waals surface area (Å²) < 4.78 is 1.59. The molecule has 19 heavy (non-hydrogen) atoms. The first kappa shape index (κ1) is 13.1. The van der Waals surface area contributed by atoms with Crippen LogP contribution in [0.3, 0.4) is 0 Å². The Morgan fingerprint density at radius 3 is 2.89 bits per heavy atom. The molecule has 8 heteroatoms. The second-order valence-corrected chi connectivity index (χ2v) is 4.02. The second-order valence-electron chi connectivity index (χ2n) is 4.02. The van der Waals surface area contributed by atoms with Crippen LogP contribution in [-0.4, -0.2) is 31.7 Å². The van der Waals surface area contributed by atoms with E-state index in [0.717, 1.165) is 17.8 Å². The summed E-state index contributed by atoms with van der Waals surface area (Å²) in [7, 11) is 0. The van der Waals surface area contributed by atoms with Crippen molar-refractivity contribution in [2.75, 3.05) is 6.54 Å². The Hall–Kier alpha value is -2.35. The lowest BCUT2D eigenvalue weighted by Crippen LogP contribution is -2.16. The first-order valence-electron chi connectivity index (χ1n) is 5.87. The Balaban J connectivity index is 2.36. The number of hydrogen-bond acceptors (Lipinski definition) is 6. The number of nitrogens with zero attached hydrogens (tertiary/aromatic N) is 5. The van der Waals surface area contributed by atoms with Gasteiger partial charge in [0.1, 0.15) is 0 Å². The van der Waals surface area contributed by atoms with Crippen molar-refractivity contribution < 1.29 is 4.92 Å². The zero-order valence-corrected chi connectivity index (χ0v) is 10.7. The highest BCUT2D eigenvalue weighted by Crippen LogP contribution is 2.20. The fourth-order valence-electron chi connectivity index (χ4n) is 1.73. The van der Waals surface area contributed by atoms with Gasteiger partial charge in [-0.15, -0.1) is 5.10 Å². The highest BCUT2D eigenvalue weighted by atomic mass is 16.6. The minimum absolute atomic E-state index is 0.0579. The predicted octanol–water partition coefficient (Wildman–Crippen LogP) is 0.988. The molecule has 2 aromatic rings. The van der Waals surface area contributed by atoms with Gasteiger partial charge in [-0.05, 0) is 35.5 Å². The summed E-state index contributed by atoms with van der Waals surface area (Å²) in [5, 5.41) is 25.3. The average molecular weight is 262 g/mol. The number of hydrogen-bond donors (Lipinski definition) is 1. The monoisotopic (exact) mass is 262 g/mol.